The molecule has 1 N–H and O–H groups in total. The molecule has 0 fully saturated rings. The molecule has 0 amide bonds. The highest BCUT2D eigenvalue weighted by molar-refractivity contribution is 5.71. The summed E-state index contributed by atoms with van der Waals surface area (Å²) in [5.41, 5.74) is 2.02. The van der Waals surface area contributed by atoms with Gasteiger partial charge in [0.1, 0.15) is 11.5 Å². The maximum Gasteiger partial charge on any atom is 0.319 e. The molecule has 0 saturated heterocycles. The monoisotopic (exact) mass is 396 g/mol. The van der Waals surface area contributed by atoms with Crippen molar-refractivity contribution in [2.75, 3.05) is 19.8 Å². The summed E-state index contributed by atoms with van der Waals surface area (Å²) in [7, 11) is 0. The highest BCUT2D eigenvalue weighted by Crippen LogP contribution is 2.26. The van der Waals surface area contributed by atoms with Crippen LogP contribution in [0.4, 0.5) is 0 Å². The van der Waals surface area contributed by atoms with Crippen LogP contribution in [0.15, 0.2) is 53.0 Å². The number of carbonyl (C=O) groups is 1. The molecule has 0 saturated carbocycles. The number of rotatable bonds is 10. The molecular formula is C23H28N2O4. The lowest BCUT2D eigenvalue weighted by Crippen LogP contribution is -2.24. The van der Waals surface area contributed by atoms with E-state index in [9.17, 15) is 4.79 Å². The first-order chi connectivity index (χ1) is 14.2. The zero-order chi connectivity index (χ0) is 20.5. The Balaban J connectivity index is 1.42. The standard InChI is InChI=1S/C23H28N2O4/c1-3-27-22(26)16-24-15-18-9-11-20(12-10-18)28-14-13-21-17(2)29-23(25-21)19-7-5-4-6-8-19/h4-7,9-12,19,24H,3,8,13-16H2,1-2H3. The van der Waals surface area contributed by atoms with E-state index in [1.165, 1.54) is 0 Å². The van der Waals surface area contributed by atoms with Crippen LogP contribution >= 0.6 is 0 Å². The van der Waals surface area contributed by atoms with E-state index in [4.69, 9.17) is 13.9 Å². The van der Waals surface area contributed by atoms with Crippen LogP contribution in [-0.4, -0.2) is 30.7 Å². The van der Waals surface area contributed by atoms with Crippen LogP contribution in [0.25, 0.3) is 0 Å². The van der Waals surface area contributed by atoms with Crippen molar-refractivity contribution in [1.82, 2.24) is 10.3 Å². The van der Waals surface area contributed by atoms with Crippen molar-refractivity contribution in [3.63, 3.8) is 0 Å². The second kappa shape index (κ2) is 10.6. The van der Waals surface area contributed by atoms with Crippen LogP contribution in [0.1, 0.15) is 42.2 Å². The average Bonchev–Trinajstić information content (AvgIpc) is 3.11. The maximum atomic E-state index is 11.3. The van der Waals surface area contributed by atoms with E-state index < -0.39 is 0 Å². The van der Waals surface area contributed by atoms with E-state index in [-0.39, 0.29) is 18.4 Å². The first-order valence-corrected chi connectivity index (χ1v) is 10.0. The molecule has 0 radical (unpaired) electrons. The second-order valence-electron chi connectivity index (χ2n) is 6.86. The van der Waals surface area contributed by atoms with Gasteiger partial charge in [0.2, 0.25) is 5.89 Å². The fraction of sp³-hybridized carbons (Fsp3) is 0.391. The minimum Gasteiger partial charge on any atom is -0.493 e. The summed E-state index contributed by atoms with van der Waals surface area (Å²) in [6.07, 6.45) is 9.95. The molecule has 1 aromatic carbocycles. The highest BCUT2D eigenvalue weighted by atomic mass is 16.5. The first-order valence-electron chi connectivity index (χ1n) is 10.0. The molecule has 1 aliphatic rings. The number of aryl methyl sites for hydroxylation is 1. The summed E-state index contributed by atoms with van der Waals surface area (Å²) in [4.78, 5) is 16.0. The van der Waals surface area contributed by atoms with E-state index in [2.05, 4.69) is 22.5 Å². The highest BCUT2D eigenvalue weighted by Gasteiger charge is 2.17. The molecule has 154 valence electrons. The molecule has 2 aromatic rings. The average molecular weight is 396 g/mol. The van der Waals surface area contributed by atoms with E-state index in [1.807, 2.05) is 43.3 Å². The van der Waals surface area contributed by atoms with Gasteiger partial charge in [-0.25, -0.2) is 4.98 Å². The van der Waals surface area contributed by atoms with Crippen LogP contribution in [-0.2, 0) is 22.5 Å². The maximum absolute atomic E-state index is 11.3. The third-order valence-electron chi connectivity index (χ3n) is 4.64. The van der Waals surface area contributed by atoms with Crippen LogP contribution in [0.5, 0.6) is 5.75 Å². The Morgan fingerprint density at radius 2 is 2.10 bits per heavy atom. The molecule has 0 bridgehead atoms. The summed E-state index contributed by atoms with van der Waals surface area (Å²) in [5, 5.41) is 3.06. The van der Waals surface area contributed by atoms with Crippen LogP contribution < -0.4 is 10.1 Å². The zero-order valence-corrected chi connectivity index (χ0v) is 17.0. The third-order valence-corrected chi connectivity index (χ3v) is 4.64. The van der Waals surface area contributed by atoms with Gasteiger partial charge in [-0.05, 0) is 38.0 Å². The molecule has 0 spiro atoms. The Morgan fingerprint density at radius 3 is 2.83 bits per heavy atom. The topological polar surface area (TPSA) is 73.6 Å². The molecule has 1 atom stereocenters. The predicted octanol–water partition coefficient (Wildman–Crippen LogP) is 3.86. The number of benzene rings is 1. The van der Waals surface area contributed by atoms with Crippen molar-refractivity contribution in [3.05, 3.63) is 71.5 Å². The van der Waals surface area contributed by atoms with E-state index in [0.29, 0.717) is 26.2 Å². The van der Waals surface area contributed by atoms with Gasteiger partial charge < -0.3 is 19.2 Å². The van der Waals surface area contributed by atoms with Gasteiger partial charge in [-0.15, -0.1) is 0 Å². The SMILES string of the molecule is CCOC(=O)CNCc1ccc(OCCc2nc(C3C=CC=CC3)oc2C)cc1. The molecule has 1 aromatic heterocycles. The minimum atomic E-state index is -0.241. The number of esters is 1. The molecule has 0 aliphatic heterocycles. The minimum absolute atomic E-state index is 0.206. The van der Waals surface area contributed by atoms with Gasteiger partial charge in [-0.3, -0.25) is 4.79 Å². The Morgan fingerprint density at radius 1 is 1.28 bits per heavy atom. The lowest BCUT2D eigenvalue weighted by atomic mass is 10.0. The van der Waals surface area contributed by atoms with Crippen molar-refractivity contribution >= 4 is 5.97 Å². The van der Waals surface area contributed by atoms with E-state index >= 15 is 0 Å². The number of carbonyl (C=O) groups excluding carboxylic acids is 1. The van der Waals surface area contributed by atoms with Crippen molar-refractivity contribution < 1.29 is 18.7 Å². The van der Waals surface area contributed by atoms with Gasteiger partial charge in [0.15, 0.2) is 0 Å². The molecule has 1 heterocycles. The fourth-order valence-corrected chi connectivity index (χ4v) is 3.09. The number of hydrogen-bond acceptors (Lipinski definition) is 6. The largest absolute Gasteiger partial charge is 0.493 e. The summed E-state index contributed by atoms with van der Waals surface area (Å²) >= 11 is 0. The molecule has 6 heteroatoms. The number of aromatic nitrogens is 1. The number of oxazole rings is 1. The van der Waals surface area contributed by atoms with Gasteiger partial charge in [0, 0.05) is 13.0 Å². The van der Waals surface area contributed by atoms with Crippen molar-refractivity contribution in [2.45, 2.75) is 39.2 Å². The molecule has 1 unspecified atom stereocenters. The Hall–Kier alpha value is -2.86. The van der Waals surface area contributed by atoms with Crippen LogP contribution in [0.3, 0.4) is 0 Å². The number of ether oxygens (including phenoxy) is 2. The van der Waals surface area contributed by atoms with E-state index in [1.54, 1.807) is 6.92 Å². The van der Waals surface area contributed by atoms with E-state index in [0.717, 1.165) is 35.1 Å². The molecule has 3 rings (SSSR count). The number of nitrogens with zero attached hydrogens (tertiary/aromatic N) is 1. The van der Waals surface area contributed by atoms with Gasteiger partial charge in [0.05, 0.1) is 31.4 Å². The smallest absolute Gasteiger partial charge is 0.319 e. The molecule has 6 nitrogen and oxygen atoms in total. The molecule has 1 aliphatic carbocycles. The lowest BCUT2D eigenvalue weighted by molar-refractivity contribution is -0.142. The fourth-order valence-electron chi connectivity index (χ4n) is 3.09. The third kappa shape index (κ3) is 6.32. The number of nitrogens with one attached hydrogen (secondary N) is 1. The van der Waals surface area contributed by atoms with Crippen molar-refractivity contribution in [2.24, 2.45) is 0 Å². The summed E-state index contributed by atoms with van der Waals surface area (Å²) < 4.78 is 16.6. The summed E-state index contributed by atoms with van der Waals surface area (Å²) in [5.74, 6) is 2.42. The summed E-state index contributed by atoms with van der Waals surface area (Å²) in [6.45, 7) is 5.49. The van der Waals surface area contributed by atoms with Gasteiger partial charge in [-0.2, -0.15) is 0 Å². The molecular weight excluding hydrogens is 368 g/mol. The Kier molecular flexibility index (Phi) is 7.64. The first kappa shape index (κ1) is 20.9. The van der Waals surface area contributed by atoms with Gasteiger partial charge >= 0.3 is 5.97 Å². The Bertz CT molecular complexity index is 852. The normalized spacial score (nSPS) is 15.4. The Labute approximate surface area is 171 Å². The lowest BCUT2D eigenvalue weighted by Gasteiger charge is -2.08. The van der Waals surface area contributed by atoms with Gasteiger partial charge in [-0.1, -0.05) is 36.4 Å². The number of hydrogen-bond donors (Lipinski definition) is 1. The second-order valence-corrected chi connectivity index (χ2v) is 6.86. The zero-order valence-electron chi connectivity index (χ0n) is 17.0. The summed E-state index contributed by atoms with van der Waals surface area (Å²) in [6, 6.07) is 7.83. The van der Waals surface area contributed by atoms with Crippen molar-refractivity contribution in [3.8, 4) is 5.75 Å². The van der Waals surface area contributed by atoms with Gasteiger partial charge in [0.25, 0.3) is 0 Å². The quantitative estimate of drug-likeness (QED) is 0.615. The molecule has 29 heavy (non-hydrogen) atoms. The van der Waals surface area contributed by atoms with Crippen LogP contribution in [0, 0.1) is 6.92 Å². The van der Waals surface area contributed by atoms with Crippen LogP contribution in [0.2, 0.25) is 0 Å². The number of allylic oxidation sites excluding steroid dienone is 4. The van der Waals surface area contributed by atoms with Crippen molar-refractivity contribution in [1.29, 1.82) is 0 Å². The predicted molar refractivity (Wildman–Crippen MR) is 111 cm³/mol.